The molecule has 1 unspecified atom stereocenters. The Balaban J connectivity index is 0.00000364. The second kappa shape index (κ2) is 11.8. The van der Waals surface area contributed by atoms with Crippen LogP contribution in [-0.2, 0) is 11.3 Å². The first-order chi connectivity index (χ1) is 12.4. The highest BCUT2D eigenvalue weighted by Crippen LogP contribution is 2.08. The van der Waals surface area contributed by atoms with Crippen LogP contribution in [-0.4, -0.2) is 37.1 Å². The average Bonchev–Trinajstić information content (AvgIpc) is 2.61. The number of aryl methyl sites for hydroxylation is 1. The normalized spacial score (nSPS) is 15.6. The molecule has 1 aromatic carbocycles. The Morgan fingerprint density at radius 2 is 1.78 bits per heavy atom. The number of hydrogen-bond acceptors (Lipinski definition) is 3. The van der Waals surface area contributed by atoms with E-state index in [0.717, 1.165) is 31.5 Å². The van der Waals surface area contributed by atoms with Crippen molar-refractivity contribution in [1.29, 1.82) is 0 Å². The molecule has 152 valence electrons. The average molecular weight is 397 g/mol. The van der Waals surface area contributed by atoms with Gasteiger partial charge in [0.15, 0.2) is 0 Å². The summed E-state index contributed by atoms with van der Waals surface area (Å²) in [4.78, 5) is 24.9. The molecule has 1 saturated heterocycles. The standard InChI is InChI=1S/C20H32N4O2.ClH/c1-14(2)12-18(19(25)23-17-8-10-21-11-9-17)24-20(26)22-13-16-6-4-15(3)5-7-16;/h4-7,14,17-18,21H,8-13H2,1-3H3,(H,23,25)(H2,22,24,26);1H. The second-order valence-corrected chi connectivity index (χ2v) is 7.53. The van der Waals surface area contributed by atoms with E-state index in [1.807, 2.05) is 31.2 Å². The van der Waals surface area contributed by atoms with Gasteiger partial charge in [0.25, 0.3) is 0 Å². The van der Waals surface area contributed by atoms with Crippen LogP contribution >= 0.6 is 12.4 Å². The van der Waals surface area contributed by atoms with Crippen molar-refractivity contribution in [3.8, 4) is 0 Å². The molecule has 0 aliphatic carbocycles. The number of carbonyl (C=O) groups excluding carboxylic acids is 2. The lowest BCUT2D eigenvalue weighted by molar-refractivity contribution is -0.124. The number of hydrogen-bond donors (Lipinski definition) is 4. The Labute approximate surface area is 168 Å². The van der Waals surface area contributed by atoms with Crippen molar-refractivity contribution in [3.63, 3.8) is 0 Å². The van der Waals surface area contributed by atoms with Gasteiger partial charge < -0.3 is 21.3 Å². The molecule has 0 radical (unpaired) electrons. The molecular weight excluding hydrogens is 364 g/mol. The van der Waals surface area contributed by atoms with Crippen LogP contribution in [0.1, 0.15) is 44.2 Å². The van der Waals surface area contributed by atoms with Crippen molar-refractivity contribution in [2.24, 2.45) is 5.92 Å². The van der Waals surface area contributed by atoms with Gasteiger partial charge in [-0.05, 0) is 50.8 Å². The zero-order valence-corrected chi connectivity index (χ0v) is 17.3. The molecule has 1 aliphatic rings. The van der Waals surface area contributed by atoms with Crippen molar-refractivity contribution in [1.82, 2.24) is 21.3 Å². The Morgan fingerprint density at radius 3 is 2.37 bits per heavy atom. The molecule has 0 aromatic heterocycles. The quantitative estimate of drug-likeness (QED) is 0.571. The summed E-state index contributed by atoms with van der Waals surface area (Å²) in [6.07, 6.45) is 2.48. The highest BCUT2D eigenvalue weighted by molar-refractivity contribution is 5.87. The van der Waals surface area contributed by atoms with Gasteiger partial charge in [0, 0.05) is 12.6 Å². The summed E-state index contributed by atoms with van der Waals surface area (Å²) in [6, 6.07) is 7.39. The molecule has 6 nitrogen and oxygen atoms in total. The van der Waals surface area contributed by atoms with Gasteiger partial charge in [0.1, 0.15) is 6.04 Å². The maximum Gasteiger partial charge on any atom is 0.315 e. The lowest BCUT2D eigenvalue weighted by Gasteiger charge is -2.27. The molecular formula is C20H33ClN4O2. The molecule has 1 aromatic rings. The fourth-order valence-corrected chi connectivity index (χ4v) is 3.07. The first-order valence-corrected chi connectivity index (χ1v) is 9.55. The maximum atomic E-state index is 12.6. The van der Waals surface area contributed by atoms with Crippen molar-refractivity contribution < 1.29 is 9.59 Å². The van der Waals surface area contributed by atoms with E-state index in [0.29, 0.717) is 18.9 Å². The second-order valence-electron chi connectivity index (χ2n) is 7.53. The monoisotopic (exact) mass is 396 g/mol. The predicted molar refractivity (Wildman–Crippen MR) is 111 cm³/mol. The minimum Gasteiger partial charge on any atom is -0.351 e. The maximum absolute atomic E-state index is 12.6. The summed E-state index contributed by atoms with van der Waals surface area (Å²) in [5.74, 6) is 0.229. The number of benzene rings is 1. The zero-order valence-electron chi connectivity index (χ0n) is 16.5. The highest BCUT2D eigenvalue weighted by atomic mass is 35.5. The van der Waals surface area contributed by atoms with Crippen LogP contribution in [0.15, 0.2) is 24.3 Å². The highest BCUT2D eigenvalue weighted by Gasteiger charge is 2.24. The van der Waals surface area contributed by atoms with Gasteiger partial charge >= 0.3 is 6.03 Å². The van der Waals surface area contributed by atoms with Crippen molar-refractivity contribution in [3.05, 3.63) is 35.4 Å². The molecule has 3 amide bonds. The smallest absolute Gasteiger partial charge is 0.315 e. The molecule has 0 bridgehead atoms. The molecule has 27 heavy (non-hydrogen) atoms. The van der Waals surface area contributed by atoms with E-state index in [-0.39, 0.29) is 30.4 Å². The molecule has 1 aliphatic heterocycles. The van der Waals surface area contributed by atoms with Gasteiger partial charge in [-0.2, -0.15) is 0 Å². The van der Waals surface area contributed by atoms with Crippen molar-refractivity contribution >= 4 is 24.3 Å². The third-order valence-electron chi connectivity index (χ3n) is 4.59. The van der Waals surface area contributed by atoms with E-state index < -0.39 is 6.04 Å². The molecule has 2 rings (SSSR count). The van der Waals surface area contributed by atoms with Crippen LogP contribution in [0.2, 0.25) is 0 Å². The van der Waals surface area contributed by atoms with Crippen molar-refractivity contribution in [2.45, 2.75) is 58.7 Å². The van der Waals surface area contributed by atoms with Gasteiger partial charge in [-0.25, -0.2) is 4.79 Å². The van der Waals surface area contributed by atoms with E-state index in [1.165, 1.54) is 5.56 Å². The number of piperidine rings is 1. The van der Waals surface area contributed by atoms with E-state index in [4.69, 9.17) is 0 Å². The minimum absolute atomic E-state index is 0. The summed E-state index contributed by atoms with van der Waals surface area (Å²) >= 11 is 0. The number of urea groups is 1. The third-order valence-corrected chi connectivity index (χ3v) is 4.59. The first-order valence-electron chi connectivity index (χ1n) is 9.55. The van der Waals surface area contributed by atoms with E-state index >= 15 is 0 Å². The largest absolute Gasteiger partial charge is 0.351 e. The summed E-state index contributed by atoms with van der Waals surface area (Å²) < 4.78 is 0. The van der Waals surface area contributed by atoms with Gasteiger partial charge in [0.2, 0.25) is 5.91 Å². The molecule has 0 saturated carbocycles. The van der Waals surface area contributed by atoms with Crippen LogP contribution in [0.3, 0.4) is 0 Å². The van der Waals surface area contributed by atoms with Crippen LogP contribution < -0.4 is 21.3 Å². The van der Waals surface area contributed by atoms with E-state index in [2.05, 4.69) is 35.1 Å². The van der Waals surface area contributed by atoms with E-state index in [9.17, 15) is 9.59 Å². The molecule has 0 spiro atoms. The van der Waals surface area contributed by atoms with Gasteiger partial charge in [-0.3, -0.25) is 4.79 Å². The summed E-state index contributed by atoms with van der Waals surface area (Å²) in [5.41, 5.74) is 2.22. The molecule has 4 N–H and O–H groups in total. The van der Waals surface area contributed by atoms with Gasteiger partial charge in [-0.15, -0.1) is 12.4 Å². The fraction of sp³-hybridized carbons (Fsp3) is 0.600. The van der Waals surface area contributed by atoms with Gasteiger partial charge in [-0.1, -0.05) is 43.7 Å². The molecule has 1 heterocycles. The SMILES string of the molecule is Cc1ccc(CNC(=O)NC(CC(C)C)C(=O)NC2CCNCC2)cc1.Cl. The Kier molecular flexibility index (Phi) is 10.2. The number of rotatable bonds is 7. The number of nitrogens with one attached hydrogen (secondary N) is 4. The lowest BCUT2D eigenvalue weighted by atomic mass is 10.0. The summed E-state index contributed by atoms with van der Waals surface area (Å²) in [5, 5.41) is 12.1. The third kappa shape index (κ3) is 8.63. The van der Waals surface area contributed by atoms with Crippen molar-refractivity contribution in [2.75, 3.05) is 13.1 Å². The molecule has 7 heteroatoms. The first kappa shape index (κ1) is 23.2. The lowest BCUT2D eigenvalue weighted by Crippen LogP contribution is -2.53. The fourth-order valence-electron chi connectivity index (χ4n) is 3.07. The van der Waals surface area contributed by atoms with Crippen LogP contribution in [0.5, 0.6) is 0 Å². The van der Waals surface area contributed by atoms with Crippen LogP contribution in [0.4, 0.5) is 4.79 Å². The van der Waals surface area contributed by atoms with Crippen LogP contribution in [0, 0.1) is 12.8 Å². The minimum atomic E-state index is -0.511. The topological polar surface area (TPSA) is 82.3 Å². The molecule has 1 fully saturated rings. The predicted octanol–water partition coefficient (Wildman–Crippen LogP) is 2.50. The Hall–Kier alpha value is -1.79. The van der Waals surface area contributed by atoms with Crippen LogP contribution in [0.25, 0.3) is 0 Å². The zero-order chi connectivity index (χ0) is 18.9. The number of amides is 3. The Morgan fingerprint density at radius 1 is 1.15 bits per heavy atom. The Bertz CT molecular complexity index is 586. The summed E-state index contributed by atoms with van der Waals surface area (Å²) in [6.45, 7) is 8.42. The number of carbonyl (C=O) groups is 2. The van der Waals surface area contributed by atoms with E-state index in [1.54, 1.807) is 0 Å². The molecule has 1 atom stereocenters. The summed E-state index contributed by atoms with van der Waals surface area (Å²) in [7, 11) is 0. The van der Waals surface area contributed by atoms with Gasteiger partial charge in [0.05, 0.1) is 0 Å². The number of halogens is 1.